The van der Waals surface area contributed by atoms with Gasteiger partial charge in [0.15, 0.2) is 0 Å². The van der Waals surface area contributed by atoms with Crippen LogP contribution in [0.25, 0.3) is 0 Å². The van der Waals surface area contributed by atoms with E-state index in [1.54, 1.807) is 42.4 Å². The van der Waals surface area contributed by atoms with Crippen molar-refractivity contribution in [1.82, 2.24) is 0 Å². The Morgan fingerprint density at radius 2 is 0.407 bits per heavy atom. The fraction of sp³-hybridized carbons (Fsp3) is 0.667. The molecular weight excluding hydrogens is 938 g/mol. The van der Waals surface area contributed by atoms with Gasteiger partial charge in [0.1, 0.15) is 0 Å². The van der Waals surface area contributed by atoms with Gasteiger partial charge in [-0.25, -0.2) is 0 Å². The van der Waals surface area contributed by atoms with Crippen LogP contribution in [0.4, 0.5) is 0 Å². The Kier molecular flexibility index (Phi) is 21.9. The van der Waals surface area contributed by atoms with E-state index in [0.717, 1.165) is 32.8 Å². The molecule has 0 atom stereocenters. The van der Waals surface area contributed by atoms with Crippen LogP contribution in [-0.2, 0) is 43.3 Å². The molecule has 0 fully saturated rings. The van der Waals surface area contributed by atoms with Crippen LogP contribution in [0.5, 0.6) is 0 Å². The number of rotatable bonds is 0. The monoisotopic (exact) mass is 1020 g/mol. The van der Waals surface area contributed by atoms with Crippen LogP contribution in [0.15, 0.2) is 48.5 Å². The van der Waals surface area contributed by atoms with Gasteiger partial charge in [-0.1, -0.05) is 166 Å². The Hall–Kier alpha value is 0.717. The third-order valence-electron chi connectivity index (χ3n) is 9.21. The fourth-order valence-electron chi connectivity index (χ4n) is 5.08. The van der Waals surface area contributed by atoms with Gasteiger partial charge in [-0.2, -0.15) is 24.3 Å². The van der Waals surface area contributed by atoms with E-state index in [1.165, 1.54) is 0 Å². The van der Waals surface area contributed by atoms with Crippen LogP contribution in [-0.4, -0.2) is 47.8 Å². The van der Waals surface area contributed by atoms with Crippen molar-refractivity contribution in [2.45, 2.75) is 209 Å². The van der Waals surface area contributed by atoms with Crippen molar-refractivity contribution in [3.63, 3.8) is 0 Å². The zero-order chi connectivity index (χ0) is 41.1. The molecule has 300 valence electrons. The van der Waals surface area contributed by atoms with Gasteiger partial charge in [0.2, 0.25) is 0 Å². The van der Waals surface area contributed by atoms with Crippen molar-refractivity contribution in [3.8, 4) is 0 Å². The van der Waals surface area contributed by atoms with E-state index in [0.29, 0.717) is 43.3 Å². The molecule has 6 heteroatoms. The van der Waals surface area contributed by atoms with Crippen molar-refractivity contribution < 1.29 is 0 Å². The summed E-state index contributed by atoms with van der Waals surface area (Å²) in [5.74, 6) is 0. The van der Waals surface area contributed by atoms with Gasteiger partial charge in [0, 0.05) is 21.2 Å². The Labute approximate surface area is 377 Å². The van der Waals surface area contributed by atoms with Crippen molar-refractivity contribution >= 4 is 80.6 Å². The first-order chi connectivity index (χ1) is 22.8. The van der Waals surface area contributed by atoms with Crippen LogP contribution in [0.2, 0.25) is 0 Å². The van der Waals surface area contributed by atoms with Gasteiger partial charge >= 0.3 is 47.8 Å². The van der Waals surface area contributed by atoms with Crippen molar-refractivity contribution in [1.29, 1.82) is 0 Å². The average Bonchev–Trinajstić information content (AvgIpc) is 3.72. The van der Waals surface area contributed by atoms with E-state index in [4.69, 9.17) is 0 Å². The molecule has 4 heterocycles. The second-order valence-electron chi connectivity index (χ2n) is 23.1. The Morgan fingerprint density at radius 3 is 0.463 bits per heavy atom. The van der Waals surface area contributed by atoms with Gasteiger partial charge in [-0.05, 0) is 97.3 Å². The van der Waals surface area contributed by atoms with E-state index in [-0.39, 0.29) is 47.8 Å². The van der Waals surface area contributed by atoms with Crippen molar-refractivity contribution in [2.75, 3.05) is 0 Å². The summed E-state index contributed by atoms with van der Waals surface area (Å²) in [7, 11) is 3.66. The number of hydrogen-bond acceptors (Lipinski definition) is 0. The zero-order valence-electron chi connectivity index (χ0n) is 39.6. The summed E-state index contributed by atoms with van der Waals surface area (Å²) in [6.45, 7) is 55.1. The Morgan fingerprint density at radius 1 is 0.278 bits per heavy atom. The van der Waals surface area contributed by atoms with Crippen LogP contribution < -0.4 is 0 Å². The normalized spacial score (nSPS) is 13.5. The van der Waals surface area contributed by atoms with E-state index < -0.39 is 0 Å². The summed E-state index contributed by atoms with van der Waals surface area (Å²) in [4.78, 5) is 0. The van der Waals surface area contributed by atoms with Crippen molar-refractivity contribution in [2.24, 2.45) is 0 Å². The third kappa shape index (κ3) is 19.6. The Balaban J connectivity index is 0. The Bertz CT molecular complexity index is 1270. The van der Waals surface area contributed by atoms with E-state index >= 15 is 0 Å². The largest absolute Gasteiger partial charge is 2.00 e. The first kappa shape index (κ1) is 56.8. The molecule has 4 aromatic heterocycles. The van der Waals surface area contributed by atoms with Gasteiger partial charge in [0.05, 0.1) is 0 Å². The quantitative estimate of drug-likeness (QED) is 0.122. The predicted octanol–water partition coefficient (Wildman–Crippen LogP) is 16.5. The molecule has 0 amide bonds. The average molecular weight is 1020 g/mol. The van der Waals surface area contributed by atoms with E-state index in [2.05, 4.69) is 215 Å². The predicted molar refractivity (Wildman–Crippen MR) is 265 cm³/mol. The molecule has 0 bridgehead atoms. The molecule has 0 aliphatic heterocycles. The van der Waals surface area contributed by atoms with Gasteiger partial charge in [0.25, 0.3) is 0 Å². The SMILES string of the molecule is CC(C)(C)c1cc[c-](C(C)(C)C)[pH+]1.CC(C)(C)c1cc[c-](C(C)(C)C)[pH+]1.CC(C)(C)c1cc[c-](C(C)(C)C)[pH+]1.CC(C)(C)c1cc[c-](C(C)(C)C)[pH+]1.[Sn+2].[Sn+2]. The molecule has 4 rings (SSSR count). The summed E-state index contributed by atoms with van der Waals surface area (Å²) in [6, 6.07) is 18.5. The smallest absolute Gasteiger partial charge is 0.165 e. The summed E-state index contributed by atoms with van der Waals surface area (Å²) in [5, 5.41) is 12.8. The molecule has 0 aliphatic carbocycles. The maximum absolute atomic E-state index is 2.32. The zero-order valence-corrected chi connectivity index (χ0v) is 49.3. The third-order valence-corrected chi connectivity index (χ3v) is 18.7. The minimum absolute atomic E-state index is 0. The van der Waals surface area contributed by atoms with Crippen LogP contribution in [0, 0.1) is 0 Å². The topological polar surface area (TPSA) is 0 Å². The standard InChI is InChI=1S/4C12H21P.2Sn/c4*1-11(2,3)9-7-8-10(13-9)12(4,5)6;;/h4*7-8,13H,1-6H3;;/q;;;;2*+2. The van der Waals surface area contributed by atoms with Crippen LogP contribution in [0.3, 0.4) is 0 Å². The maximum atomic E-state index is 2.32. The molecule has 0 N–H and O–H groups in total. The summed E-state index contributed by atoms with van der Waals surface area (Å²) >= 11 is 0. The van der Waals surface area contributed by atoms with Gasteiger partial charge in [-0.3, -0.25) is 0 Å². The van der Waals surface area contributed by atoms with E-state index in [9.17, 15) is 0 Å². The van der Waals surface area contributed by atoms with E-state index in [1.807, 2.05) is 0 Å². The maximum Gasteiger partial charge on any atom is 2.00 e. The molecule has 0 saturated carbocycles. The molecule has 0 saturated heterocycles. The minimum Gasteiger partial charge on any atom is -0.165 e. The second-order valence-corrected chi connectivity index (χ2v) is 28.5. The summed E-state index contributed by atoms with van der Waals surface area (Å²) in [5.41, 5.74) is 2.79. The van der Waals surface area contributed by atoms with Crippen molar-refractivity contribution in [3.05, 3.63) is 90.9 Å². The second kappa shape index (κ2) is 20.8. The van der Waals surface area contributed by atoms with Crippen LogP contribution >= 0.6 is 32.8 Å². The molecular formula is C48H84P4Sn2+4. The molecule has 4 aromatic rings. The summed E-state index contributed by atoms with van der Waals surface area (Å²) in [6.07, 6.45) is 0. The molecule has 4 radical (unpaired) electrons. The van der Waals surface area contributed by atoms with Gasteiger partial charge < -0.3 is 0 Å². The first-order valence-electron chi connectivity index (χ1n) is 19.6. The van der Waals surface area contributed by atoms with Crippen LogP contribution in [0.1, 0.15) is 209 Å². The van der Waals surface area contributed by atoms with Gasteiger partial charge in [-0.15, -0.1) is 24.3 Å². The minimum atomic E-state index is 0. The fourth-order valence-corrected chi connectivity index (χ4v) is 10.6. The molecule has 0 aliphatic rings. The summed E-state index contributed by atoms with van der Waals surface area (Å²) < 4.78 is 0. The number of hydrogen-bond donors (Lipinski definition) is 0. The molecule has 0 nitrogen and oxygen atoms in total. The molecule has 0 unspecified atom stereocenters. The molecule has 0 spiro atoms. The first-order valence-corrected chi connectivity index (χ1v) is 23.6. The molecule has 54 heavy (non-hydrogen) atoms. The molecule has 0 aromatic carbocycles.